The van der Waals surface area contributed by atoms with Crippen molar-refractivity contribution in [3.63, 3.8) is 0 Å². The molecule has 0 saturated heterocycles. The highest BCUT2D eigenvalue weighted by molar-refractivity contribution is 5.51. The molecule has 0 aliphatic heterocycles. The zero-order chi connectivity index (χ0) is 15.6. The summed E-state index contributed by atoms with van der Waals surface area (Å²) in [5, 5.41) is 20.5. The lowest BCUT2D eigenvalue weighted by Crippen LogP contribution is -2.19. The fraction of sp³-hybridized carbons (Fsp3) is 0.588. The fourth-order valence-electron chi connectivity index (χ4n) is 2.48. The molecule has 3 nitrogen and oxygen atoms in total. The van der Waals surface area contributed by atoms with E-state index < -0.39 is 0 Å². The summed E-state index contributed by atoms with van der Waals surface area (Å²) in [6.07, 6.45) is 3.00. The van der Waals surface area contributed by atoms with Crippen LogP contribution in [0.2, 0.25) is 0 Å². The van der Waals surface area contributed by atoms with Gasteiger partial charge in [-0.05, 0) is 35.8 Å². The minimum absolute atomic E-state index is 0.212. The Morgan fingerprint density at radius 2 is 1.50 bits per heavy atom. The molecule has 1 aromatic carbocycles. The largest absolute Gasteiger partial charge is 0.508 e. The number of aromatic hydroxyl groups is 2. The van der Waals surface area contributed by atoms with Gasteiger partial charge in [-0.25, -0.2) is 0 Å². The summed E-state index contributed by atoms with van der Waals surface area (Å²) < 4.78 is 0. The van der Waals surface area contributed by atoms with Crippen molar-refractivity contribution in [2.75, 3.05) is 0 Å². The molecule has 0 radical (unpaired) electrons. The van der Waals surface area contributed by atoms with E-state index in [-0.39, 0.29) is 22.3 Å². The van der Waals surface area contributed by atoms with Crippen LogP contribution in [0.4, 0.5) is 0 Å². The third-order valence-corrected chi connectivity index (χ3v) is 3.77. The number of carbonyl (C=O) groups excluding carboxylic acids is 1. The predicted molar refractivity (Wildman–Crippen MR) is 81.4 cm³/mol. The van der Waals surface area contributed by atoms with Gasteiger partial charge in [-0.1, -0.05) is 34.6 Å². The lowest BCUT2D eigenvalue weighted by molar-refractivity contribution is -0.108. The van der Waals surface area contributed by atoms with E-state index in [1.54, 1.807) is 12.1 Å². The molecule has 0 aliphatic rings. The van der Waals surface area contributed by atoms with Crippen molar-refractivity contribution in [1.82, 2.24) is 0 Å². The number of benzene rings is 1. The number of unbranched alkanes of at least 4 members (excludes halogenated alkanes) is 1. The van der Waals surface area contributed by atoms with Gasteiger partial charge in [-0.2, -0.15) is 0 Å². The van der Waals surface area contributed by atoms with Gasteiger partial charge in [-0.3, -0.25) is 0 Å². The van der Waals surface area contributed by atoms with Crippen molar-refractivity contribution in [3.8, 4) is 11.5 Å². The monoisotopic (exact) mass is 278 g/mol. The van der Waals surface area contributed by atoms with Crippen LogP contribution in [0.1, 0.15) is 65.0 Å². The average Bonchev–Trinajstić information content (AvgIpc) is 2.30. The van der Waals surface area contributed by atoms with Crippen LogP contribution < -0.4 is 0 Å². The summed E-state index contributed by atoms with van der Waals surface area (Å²) >= 11 is 0. The van der Waals surface area contributed by atoms with Crippen LogP contribution >= 0.6 is 0 Å². The number of rotatable bonds is 5. The lowest BCUT2D eigenvalue weighted by Gasteiger charge is -2.28. The zero-order valence-electron chi connectivity index (χ0n) is 13.2. The minimum atomic E-state index is -0.277. The standard InChI is InChI=1S/C17H26O3/c1-16(2,3)12-10-15(20)13(11-14(12)19)17(4,5)8-6-7-9-18/h9-11,19-20H,6-8H2,1-5H3. The molecule has 0 fully saturated rings. The number of phenols is 2. The molecule has 0 heterocycles. The Balaban J connectivity index is 3.14. The van der Waals surface area contributed by atoms with Gasteiger partial charge in [-0.15, -0.1) is 0 Å². The molecule has 0 atom stereocenters. The molecule has 0 saturated carbocycles. The van der Waals surface area contributed by atoms with Crippen molar-refractivity contribution < 1.29 is 15.0 Å². The quantitative estimate of drug-likeness (QED) is 0.485. The van der Waals surface area contributed by atoms with Gasteiger partial charge in [0, 0.05) is 17.5 Å². The van der Waals surface area contributed by atoms with Gasteiger partial charge in [0.05, 0.1) is 0 Å². The van der Waals surface area contributed by atoms with Gasteiger partial charge in [0.25, 0.3) is 0 Å². The maximum absolute atomic E-state index is 10.4. The zero-order valence-corrected chi connectivity index (χ0v) is 13.2. The fourth-order valence-corrected chi connectivity index (χ4v) is 2.48. The van der Waals surface area contributed by atoms with Crippen molar-refractivity contribution >= 4 is 6.29 Å². The molecular formula is C17H26O3. The summed E-state index contributed by atoms with van der Waals surface area (Å²) in [5.41, 5.74) is 0.972. The maximum Gasteiger partial charge on any atom is 0.119 e. The second-order valence-corrected chi connectivity index (χ2v) is 7.08. The molecule has 112 valence electrons. The van der Waals surface area contributed by atoms with Gasteiger partial charge < -0.3 is 15.0 Å². The van der Waals surface area contributed by atoms with Crippen molar-refractivity contribution in [3.05, 3.63) is 23.3 Å². The molecule has 3 heteroatoms. The van der Waals surface area contributed by atoms with Crippen molar-refractivity contribution in [2.45, 2.75) is 64.7 Å². The number of aldehydes is 1. The third-order valence-electron chi connectivity index (χ3n) is 3.77. The smallest absolute Gasteiger partial charge is 0.119 e. The normalized spacial score (nSPS) is 12.4. The molecule has 0 unspecified atom stereocenters. The summed E-state index contributed by atoms with van der Waals surface area (Å²) in [6.45, 7) is 10.0. The molecule has 2 N–H and O–H groups in total. The minimum Gasteiger partial charge on any atom is -0.508 e. The van der Waals surface area contributed by atoms with Gasteiger partial charge >= 0.3 is 0 Å². The predicted octanol–water partition coefficient (Wildman–Crippen LogP) is 4.04. The molecule has 0 bridgehead atoms. The Morgan fingerprint density at radius 1 is 1.00 bits per heavy atom. The highest BCUT2D eigenvalue weighted by atomic mass is 16.3. The van der Waals surface area contributed by atoms with Crippen LogP contribution in [0.3, 0.4) is 0 Å². The third kappa shape index (κ3) is 3.75. The van der Waals surface area contributed by atoms with E-state index in [0.717, 1.165) is 30.3 Å². The van der Waals surface area contributed by atoms with E-state index in [0.29, 0.717) is 6.42 Å². The Kier molecular flexibility index (Phi) is 4.85. The van der Waals surface area contributed by atoms with Gasteiger partial charge in [0.15, 0.2) is 0 Å². The molecular weight excluding hydrogens is 252 g/mol. The second kappa shape index (κ2) is 5.86. The number of carbonyl (C=O) groups is 1. The Morgan fingerprint density at radius 3 is 2.00 bits per heavy atom. The molecule has 0 spiro atoms. The van der Waals surface area contributed by atoms with Crippen LogP contribution in [0.5, 0.6) is 11.5 Å². The highest BCUT2D eigenvalue weighted by Gasteiger charge is 2.27. The van der Waals surface area contributed by atoms with Crippen LogP contribution in [-0.4, -0.2) is 16.5 Å². The van der Waals surface area contributed by atoms with E-state index in [1.807, 2.05) is 34.6 Å². The number of hydrogen-bond acceptors (Lipinski definition) is 3. The van der Waals surface area contributed by atoms with Crippen LogP contribution in [0.25, 0.3) is 0 Å². The SMILES string of the molecule is CC(C)(C)c1cc(O)c(C(C)(C)CCCC=O)cc1O. The Bertz CT molecular complexity index is 482. The number of hydrogen-bond donors (Lipinski definition) is 2. The first-order valence-corrected chi connectivity index (χ1v) is 7.10. The first kappa shape index (κ1) is 16.5. The van der Waals surface area contributed by atoms with E-state index in [9.17, 15) is 15.0 Å². The molecule has 0 aliphatic carbocycles. The first-order chi connectivity index (χ1) is 9.09. The maximum atomic E-state index is 10.4. The van der Waals surface area contributed by atoms with Crippen LogP contribution in [0, 0.1) is 0 Å². The van der Waals surface area contributed by atoms with Gasteiger partial charge in [0.1, 0.15) is 17.8 Å². The van der Waals surface area contributed by atoms with E-state index in [4.69, 9.17) is 0 Å². The average molecular weight is 278 g/mol. The van der Waals surface area contributed by atoms with Crippen molar-refractivity contribution in [2.24, 2.45) is 0 Å². The summed E-state index contributed by atoms with van der Waals surface area (Å²) in [5.74, 6) is 0.428. The van der Waals surface area contributed by atoms with Crippen LogP contribution in [-0.2, 0) is 15.6 Å². The Labute approximate surface area is 121 Å². The Hall–Kier alpha value is -1.51. The summed E-state index contributed by atoms with van der Waals surface area (Å²) in [4.78, 5) is 10.4. The molecule has 20 heavy (non-hydrogen) atoms. The van der Waals surface area contributed by atoms with E-state index in [1.165, 1.54) is 0 Å². The number of phenolic OH excluding ortho intramolecular Hbond substituents is 2. The summed E-state index contributed by atoms with van der Waals surface area (Å²) in [7, 11) is 0. The highest BCUT2D eigenvalue weighted by Crippen LogP contribution is 2.41. The topological polar surface area (TPSA) is 57.5 Å². The molecule has 0 amide bonds. The van der Waals surface area contributed by atoms with E-state index >= 15 is 0 Å². The molecule has 1 rings (SSSR count). The van der Waals surface area contributed by atoms with Gasteiger partial charge in [0.2, 0.25) is 0 Å². The lowest BCUT2D eigenvalue weighted by atomic mass is 9.77. The molecule has 1 aromatic rings. The van der Waals surface area contributed by atoms with E-state index in [2.05, 4.69) is 0 Å². The van der Waals surface area contributed by atoms with Crippen LogP contribution in [0.15, 0.2) is 12.1 Å². The molecule has 0 aromatic heterocycles. The summed E-state index contributed by atoms with van der Waals surface area (Å²) in [6, 6.07) is 3.32. The first-order valence-electron chi connectivity index (χ1n) is 7.10. The second-order valence-electron chi connectivity index (χ2n) is 7.08. The van der Waals surface area contributed by atoms with Crippen molar-refractivity contribution in [1.29, 1.82) is 0 Å².